The van der Waals surface area contributed by atoms with Gasteiger partial charge in [0, 0.05) is 0 Å². The summed E-state index contributed by atoms with van der Waals surface area (Å²) >= 11 is 0. The lowest BCUT2D eigenvalue weighted by Gasteiger charge is -2.43. The Labute approximate surface area is 139 Å². The lowest BCUT2D eigenvalue weighted by Crippen LogP contribution is -2.32. The molecular weight excluding hydrogens is 264 g/mol. The monoisotopic (exact) mass is 304 g/mol. The lowest BCUT2D eigenvalue weighted by atomic mass is 9.63. The van der Waals surface area contributed by atoms with Crippen LogP contribution < -0.4 is 0 Å². The Hall–Kier alpha value is 0. The van der Waals surface area contributed by atoms with Crippen molar-refractivity contribution >= 4 is 0 Å². The molecule has 0 aromatic rings. The van der Waals surface area contributed by atoms with Crippen molar-refractivity contribution in [2.75, 3.05) is 0 Å². The molecule has 0 radical (unpaired) electrons. The molecule has 3 rings (SSSR count). The van der Waals surface area contributed by atoms with Gasteiger partial charge in [0.05, 0.1) is 0 Å². The molecule has 0 heterocycles. The highest BCUT2D eigenvalue weighted by Gasteiger charge is 2.36. The van der Waals surface area contributed by atoms with Gasteiger partial charge in [-0.05, 0) is 98.7 Å². The SMILES string of the molecule is CC1CCC(C2CCC(C3CCC(C)C(C)C3)CC2)CC1C. The van der Waals surface area contributed by atoms with Crippen LogP contribution in [-0.2, 0) is 0 Å². The van der Waals surface area contributed by atoms with E-state index in [2.05, 4.69) is 27.7 Å². The fourth-order valence-corrected chi connectivity index (χ4v) is 6.12. The van der Waals surface area contributed by atoms with Gasteiger partial charge in [-0.1, -0.05) is 40.5 Å². The summed E-state index contributed by atoms with van der Waals surface area (Å²) in [6.07, 6.45) is 15.4. The highest BCUT2D eigenvalue weighted by molar-refractivity contribution is 4.87. The molecule has 0 aromatic carbocycles. The van der Waals surface area contributed by atoms with Gasteiger partial charge >= 0.3 is 0 Å². The molecule has 0 aliphatic heterocycles. The van der Waals surface area contributed by atoms with E-state index < -0.39 is 0 Å². The van der Waals surface area contributed by atoms with Gasteiger partial charge in [-0.25, -0.2) is 0 Å². The summed E-state index contributed by atoms with van der Waals surface area (Å²) in [5.41, 5.74) is 0. The van der Waals surface area contributed by atoms with E-state index in [9.17, 15) is 0 Å². The Balaban J connectivity index is 1.46. The van der Waals surface area contributed by atoms with Crippen molar-refractivity contribution in [1.82, 2.24) is 0 Å². The molecule has 0 nitrogen and oxygen atoms in total. The highest BCUT2D eigenvalue weighted by Crippen LogP contribution is 2.47. The lowest BCUT2D eigenvalue weighted by molar-refractivity contribution is 0.0793. The van der Waals surface area contributed by atoms with E-state index >= 15 is 0 Å². The van der Waals surface area contributed by atoms with Gasteiger partial charge in [-0.15, -0.1) is 0 Å². The Kier molecular flexibility index (Phi) is 5.56. The minimum absolute atomic E-state index is 0.983. The van der Waals surface area contributed by atoms with Crippen LogP contribution in [0.15, 0.2) is 0 Å². The highest BCUT2D eigenvalue weighted by atomic mass is 14.4. The first-order valence-electron chi connectivity index (χ1n) is 10.5. The molecule has 3 fully saturated rings. The molecule has 0 amide bonds. The molecular formula is C22H40. The maximum Gasteiger partial charge on any atom is -0.0383 e. The van der Waals surface area contributed by atoms with E-state index in [4.69, 9.17) is 0 Å². The smallest absolute Gasteiger partial charge is 0.0383 e. The second-order valence-electron chi connectivity index (χ2n) is 9.73. The maximum absolute atomic E-state index is 2.51. The van der Waals surface area contributed by atoms with E-state index in [1.165, 1.54) is 25.7 Å². The van der Waals surface area contributed by atoms with Gasteiger partial charge in [0.25, 0.3) is 0 Å². The summed E-state index contributed by atoms with van der Waals surface area (Å²) in [7, 11) is 0. The summed E-state index contributed by atoms with van der Waals surface area (Å²) < 4.78 is 0. The Morgan fingerprint density at radius 2 is 0.682 bits per heavy atom. The van der Waals surface area contributed by atoms with Crippen LogP contribution in [0.2, 0.25) is 0 Å². The summed E-state index contributed by atoms with van der Waals surface area (Å²) in [5, 5.41) is 0. The molecule has 6 atom stereocenters. The molecule has 0 aromatic heterocycles. The van der Waals surface area contributed by atoms with E-state index in [0.29, 0.717) is 0 Å². The minimum Gasteiger partial charge on any atom is -0.0623 e. The Morgan fingerprint density at radius 1 is 0.364 bits per heavy atom. The van der Waals surface area contributed by atoms with E-state index in [1.807, 2.05) is 0 Å². The van der Waals surface area contributed by atoms with Crippen LogP contribution in [-0.4, -0.2) is 0 Å². The number of hydrogen-bond donors (Lipinski definition) is 0. The van der Waals surface area contributed by atoms with Crippen LogP contribution in [0.4, 0.5) is 0 Å². The third-order valence-electron chi connectivity index (χ3n) is 8.43. The zero-order valence-corrected chi connectivity index (χ0v) is 15.7. The van der Waals surface area contributed by atoms with Crippen molar-refractivity contribution in [3.8, 4) is 0 Å². The largest absolute Gasteiger partial charge is 0.0623 e. The molecule has 6 unspecified atom stereocenters. The number of hydrogen-bond acceptors (Lipinski definition) is 0. The summed E-state index contributed by atoms with van der Waals surface area (Å²) in [4.78, 5) is 0. The Bertz CT molecular complexity index is 304. The molecule has 3 aliphatic rings. The normalized spacial score (nSPS) is 50.7. The Morgan fingerprint density at radius 3 is 1.00 bits per heavy atom. The van der Waals surface area contributed by atoms with Crippen molar-refractivity contribution < 1.29 is 0 Å². The molecule has 3 aliphatic carbocycles. The van der Waals surface area contributed by atoms with Gasteiger partial charge in [-0.3, -0.25) is 0 Å². The molecule has 0 saturated heterocycles. The first kappa shape index (κ1) is 16.8. The average Bonchev–Trinajstić information content (AvgIpc) is 2.53. The quantitative estimate of drug-likeness (QED) is 0.518. The van der Waals surface area contributed by atoms with Gasteiger partial charge < -0.3 is 0 Å². The number of rotatable bonds is 2. The van der Waals surface area contributed by atoms with Crippen LogP contribution in [0.3, 0.4) is 0 Å². The van der Waals surface area contributed by atoms with Crippen LogP contribution >= 0.6 is 0 Å². The molecule has 0 spiro atoms. The van der Waals surface area contributed by atoms with Gasteiger partial charge in [-0.2, -0.15) is 0 Å². The summed E-state index contributed by atoms with van der Waals surface area (Å²) in [6.45, 7) is 9.96. The van der Waals surface area contributed by atoms with Crippen LogP contribution in [0.1, 0.15) is 91.9 Å². The summed E-state index contributed by atoms with van der Waals surface area (Å²) in [5.74, 6) is 8.28. The van der Waals surface area contributed by atoms with E-state index in [0.717, 1.165) is 47.3 Å². The summed E-state index contributed by atoms with van der Waals surface area (Å²) in [6, 6.07) is 0. The molecule has 22 heavy (non-hydrogen) atoms. The second-order valence-corrected chi connectivity index (χ2v) is 9.73. The van der Waals surface area contributed by atoms with Crippen molar-refractivity contribution in [3.05, 3.63) is 0 Å². The molecule has 3 saturated carbocycles. The fraction of sp³-hybridized carbons (Fsp3) is 1.00. The third-order valence-corrected chi connectivity index (χ3v) is 8.43. The van der Waals surface area contributed by atoms with Crippen molar-refractivity contribution in [2.45, 2.75) is 91.9 Å². The second kappa shape index (κ2) is 7.27. The van der Waals surface area contributed by atoms with Gasteiger partial charge in [0.15, 0.2) is 0 Å². The van der Waals surface area contributed by atoms with Crippen LogP contribution in [0.5, 0.6) is 0 Å². The van der Waals surface area contributed by atoms with Crippen LogP contribution in [0.25, 0.3) is 0 Å². The van der Waals surface area contributed by atoms with Crippen LogP contribution in [0, 0.1) is 47.3 Å². The third kappa shape index (κ3) is 3.73. The van der Waals surface area contributed by atoms with E-state index in [-0.39, 0.29) is 0 Å². The predicted molar refractivity (Wildman–Crippen MR) is 96.8 cm³/mol. The molecule has 0 heteroatoms. The van der Waals surface area contributed by atoms with Crippen molar-refractivity contribution in [2.24, 2.45) is 47.3 Å². The average molecular weight is 305 g/mol. The zero-order chi connectivity index (χ0) is 15.7. The topological polar surface area (TPSA) is 0 Å². The standard InChI is InChI=1S/C22H40/c1-15-5-7-21(13-17(15)3)19-9-11-20(12-10-19)22-8-6-16(2)18(4)14-22/h15-22H,5-14H2,1-4H3. The van der Waals surface area contributed by atoms with Crippen molar-refractivity contribution in [1.29, 1.82) is 0 Å². The van der Waals surface area contributed by atoms with Gasteiger partial charge in [0.1, 0.15) is 0 Å². The fourth-order valence-electron chi connectivity index (χ4n) is 6.12. The van der Waals surface area contributed by atoms with Crippen molar-refractivity contribution in [3.63, 3.8) is 0 Å². The maximum atomic E-state index is 2.51. The first-order chi connectivity index (χ1) is 10.5. The zero-order valence-electron chi connectivity index (χ0n) is 15.7. The minimum atomic E-state index is 0.983. The van der Waals surface area contributed by atoms with E-state index in [1.54, 1.807) is 38.5 Å². The molecule has 0 bridgehead atoms. The van der Waals surface area contributed by atoms with Gasteiger partial charge in [0.2, 0.25) is 0 Å². The molecule has 0 N–H and O–H groups in total. The first-order valence-corrected chi connectivity index (χ1v) is 10.5. The molecule has 128 valence electrons. The predicted octanol–water partition coefficient (Wildman–Crippen LogP) is 6.94.